The third-order valence-electron chi connectivity index (χ3n) is 4.59. The minimum Gasteiger partial charge on any atom is -0.548 e. The molecule has 0 saturated heterocycles. The van der Waals surface area contributed by atoms with Crippen molar-refractivity contribution in [3.63, 3.8) is 0 Å². The van der Waals surface area contributed by atoms with Crippen LogP contribution in [0.1, 0.15) is 22.8 Å². The van der Waals surface area contributed by atoms with Gasteiger partial charge in [0.15, 0.2) is 0 Å². The van der Waals surface area contributed by atoms with Crippen molar-refractivity contribution in [1.29, 1.82) is 0 Å². The van der Waals surface area contributed by atoms with Gasteiger partial charge in [-0.2, -0.15) is 0 Å². The van der Waals surface area contributed by atoms with E-state index in [4.69, 9.17) is 0 Å². The number of aromatic hydroxyl groups is 1. The summed E-state index contributed by atoms with van der Waals surface area (Å²) in [6.45, 7) is 0. The second kappa shape index (κ2) is 12.2. The third kappa shape index (κ3) is 7.03. The Bertz CT molecular complexity index is 1090. The monoisotopic (exact) mass is 440 g/mol. The molecule has 3 aromatic rings. The molecule has 0 saturated carbocycles. The average molecular weight is 440 g/mol. The fraction of sp³-hybridized carbons (Fsp3) is 0.125. The molecule has 3 N–H and O–H groups in total. The maximum absolute atomic E-state index is 12.3. The van der Waals surface area contributed by atoms with Gasteiger partial charge in [0.05, 0.1) is 24.1 Å². The number of carbonyl (C=O) groups is 2. The second-order valence-corrected chi connectivity index (χ2v) is 6.88. The van der Waals surface area contributed by atoms with Gasteiger partial charge in [0.1, 0.15) is 11.9 Å². The van der Waals surface area contributed by atoms with Gasteiger partial charge in [0, 0.05) is 11.8 Å². The van der Waals surface area contributed by atoms with Crippen molar-refractivity contribution in [3.05, 3.63) is 95.6 Å². The number of nitrogens with one attached hydrogen (secondary N) is 1. The van der Waals surface area contributed by atoms with E-state index in [0.29, 0.717) is 16.8 Å². The van der Waals surface area contributed by atoms with Gasteiger partial charge in [-0.3, -0.25) is 9.79 Å². The number of amides is 1. The van der Waals surface area contributed by atoms with Gasteiger partial charge in [0.25, 0.3) is 0 Å². The van der Waals surface area contributed by atoms with Crippen LogP contribution >= 0.6 is 0 Å². The van der Waals surface area contributed by atoms with Gasteiger partial charge in [-0.1, -0.05) is 54.6 Å². The van der Waals surface area contributed by atoms with Crippen molar-refractivity contribution < 1.29 is 54.5 Å². The van der Waals surface area contributed by atoms with E-state index in [1.807, 2.05) is 6.07 Å². The Morgan fingerprint density at radius 3 is 2.38 bits per heavy atom. The summed E-state index contributed by atoms with van der Waals surface area (Å²) in [5.41, 5.74) is 1.91. The van der Waals surface area contributed by atoms with Crippen LogP contribution in [0.2, 0.25) is 0 Å². The second-order valence-electron chi connectivity index (χ2n) is 6.88. The first-order chi connectivity index (χ1) is 14.9. The van der Waals surface area contributed by atoms with Crippen LogP contribution in [0.15, 0.2) is 83.9 Å². The summed E-state index contributed by atoms with van der Waals surface area (Å²) in [6, 6.07) is 20.2. The Morgan fingerprint density at radius 2 is 1.69 bits per heavy atom. The number of carbonyl (C=O) groups excluding carboxylic acids is 2. The molecule has 0 aliphatic rings. The average Bonchev–Trinajstić information content (AvgIpc) is 2.77. The standard InChI is InChI=1S/C24H22N2O5.Na/c27-20-12-5-4-9-18(20)15-25-19-11-6-10-17(14-19)23(29)22(24(30)31)26-21(28)13-16-7-2-1-3-8-16;/h1-12,14-15,22-23,27,29H,13H2,(H,26,28)(H,30,31);/q;+1/p-1/t22-,23+;/m1./s1. The van der Waals surface area contributed by atoms with Crippen molar-refractivity contribution >= 4 is 23.8 Å². The van der Waals surface area contributed by atoms with Crippen molar-refractivity contribution in [2.24, 2.45) is 4.99 Å². The Kier molecular flexibility index (Phi) is 9.61. The zero-order chi connectivity index (χ0) is 22.2. The summed E-state index contributed by atoms with van der Waals surface area (Å²) in [4.78, 5) is 28.1. The molecule has 2 atom stereocenters. The van der Waals surface area contributed by atoms with Crippen molar-refractivity contribution in [1.82, 2.24) is 5.32 Å². The van der Waals surface area contributed by atoms with Gasteiger partial charge in [-0.15, -0.1) is 0 Å². The molecular weight excluding hydrogens is 419 g/mol. The van der Waals surface area contributed by atoms with Gasteiger partial charge in [0.2, 0.25) is 5.91 Å². The first-order valence-corrected chi connectivity index (χ1v) is 9.58. The maximum atomic E-state index is 12.3. The molecule has 0 aliphatic heterocycles. The fourth-order valence-corrected chi connectivity index (χ4v) is 2.99. The van der Waals surface area contributed by atoms with Crippen molar-refractivity contribution in [2.75, 3.05) is 0 Å². The van der Waals surface area contributed by atoms with E-state index in [1.165, 1.54) is 24.4 Å². The number of aliphatic hydroxyl groups excluding tert-OH is 1. The molecule has 0 aliphatic carbocycles. The van der Waals surface area contributed by atoms with Crippen LogP contribution in [0.3, 0.4) is 0 Å². The summed E-state index contributed by atoms with van der Waals surface area (Å²) in [7, 11) is 0. The van der Waals surface area contributed by atoms with E-state index in [2.05, 4.69) is 10.3 Å². The van der Waals surface area contributed by atoms with Crippen LogP contribution < -0.4 is 40.0 Å². The first kappa shape index (κ1) is 25.3. The molecule has 0 heterocycles. The summed E-state index contributed by atoms with van der Waals surface area (Å²) < 4.78 is 0. The van der Waals surface area contributed by atoms with Crippen LogP contribution in [-0.2, 0) is 16.0 Å². The van der Waals surface area contributed by atoms with Crippen LogP contribution in [0.5, 0.6) is 5.75 Å². The number of hydrogen-bond acceptors (Lipinski definition) is 6. The molecule has 158 valence electrons. The number of nitrogens with zero attached hydrogens (tertiary/aromatic N) is 1. The predicted molar refractivity (Wildman–Crippen MR) is 114 cm³/mol. The Labute approximate surface area is 207 Å². The van der Waals surface area contributed by atoms with E-state index in [0.717, 1.165) is 0 Å². The fourth-order valence-electron chi connectivity index (χ4n) is 2.99. The number of carboxylic acids is 1. The summed E-state index contributed by atoms with van der Waals surface area (Å²) in [5, 5.41) is 34.3. The van der Waals surface area contributed by atoms with Gasteiger partial charge in [-0.25, -0.2) is 0 Å². The number of carboxylic acid groups (broad SMARTS) is 1. The van der Waals surface area contributed by atoms with E-state index in [-0.39, 0.29) is 47.3 Å². The molecule has 0 aromatic heterocycles. The van der Waals surface area contributed by atoms with E-state index >= 15 is 0 Å². The smallest absolute Gasteiger partial charge is 0.548 e. The van der Waals surface area contributed by atoms with Crippen molar-refractivity contribution in [2.45, 2.75) is 18.6 Å². The number of phenols is 1. The first-order valence-electron chi connectivity index (χ1n) is 9.58. The molecule has 0 radical (unpaired) electrons. The molecule has 0 unspecified atom stereocenters. The number of benzene rings is 3. The summed E-state index contributed by atoms with van der Waals surface area (Å²) in [6.07, 6.45) is -0.106. The summed E-state index contributed by atoms with van der Waals surface area (Å²) in [5.74, 6) is -2.08. The zero-order valence-electron chi connectivity index (χ0n) is 17.5. The molecule has 3 aromatic carbocycles. The van der Waals surface area contributed by atoms with Gasteiger partial charge >= 0.3 is 29.6 Å². The van der Waals surface area contributed by atoms with Crippen LogP contribution in [0.4, 0.5) is 5.69 Å². The SMILES string of the molecule is O=C(Cc1ccccc1)N[C@@H](C(=O)[O-])[C@@H](O)c1cccc(N=Cc2ccccc2O)c1.[Na+]. The molecule has 7 nitrogen and oxygen atoms in total. The molecule has 0 bridgehead atoms. The van der Waals surface area contributed by atoms with E-state index in [9.17, 15) is 24.9 Å². The minimum atomic E-state index is -1.63. The molecule has 1 amide bonds. The minimum absolute atomic E-state index is 0. The number of hydrogen-bond donors (Lipinski definition) is 3. The zero-order valence-corrected chi connectivity index (χ0v) is 19.5. The topological polar surface area (TPSA) is 122 Å². The maximum Gasteiger partial charge on any atom is 1.00 e. The Hall–Kier alpha value is -2.97. The van der Waals surface area contributed by atoms with Gasteiger partial charge in [-0.05, 0) is 35.4 Å². The molecule has 0 spiro atoms. The predicted octanol–water partition coefficient (Wildman–Crippen LogP) is -1.34. The van der Waals surface area contributed by atoms with Crippen LogP contribution in [0, 0.1) is 0 Å². The molecule has 8 heteroatoms. The van der Waals surface area contributed by atoms with E-state index in [1.54, 1.807) is 54.6 Å². The number of aliphatic carboxylic acids is 1. The Morgan fingerprint density at radius 1 is 1.00 bits per heavy atom. The largest absolute Gasteiger partial charge is 1.00 e. The molecule has 3 rings (SSSR count). The molecular formula is C24H21N2NaO5. The Balaban J connectivity index is 0.00000363. The summed E-state index contributed by atoms with van der Waals surface area (Å²) >= 11 is 0. The molecule has 0 fully saturated rings. The van der Waals surface area contributed by atoms with Crippen LogP contribution in [0.25, 0.3) is 0 Å². The van der Waals surface area contributed by atoms with Crippen molar-refractivity contribution in [3.8, 4) is 5.75 Å². The van der Waals surface area contributed by atoms with Crippen LogP contribution in [-0.4, -0.2) is 34.3 Å². The third-order valence-corrected chi connectivity index (χ3v) is 4.59. The molecule has 32 heavy (non-hydrogen) atoms. The number of aliphatic hydroxyl groups is 1. The van der Waals surface area contributed by atoms with E-state index < -0.39 is 24.0 Å². The normalized spacial score (nSPS) is 12.5. The number of rotatable bonds is 8. The quantitative estimate of drug-likeness (QED) is 0.296. The number of aliphatic imine (C=N–C) groups is 1. The number of phenolic OH excluding ortho intramolecular Hbond substituents is 1. The number of para-hydroxylation sites is 1. The van der Waals surface area contributed by atoms with Gasteiger partial charge < -0.3 is 25.4 Å².